The number of carbonyl (C=O) groups is 3. The van der Waals surface area contributed by atoms with Gasteiger partial charge in [0.25, 0.3) is 5.71 Å². The van der Waals surface area contributed by atoms with E-state index in [0.717, 1.165) is 18.5 Å². The Kier molecular flexibility index (Phi) is 5.12. The van der Waals surface area contributed by atoms with Crippen LogP contribution in [0, 0.1) is 20.8 Å². The van der Waals surface area contributed by atoms with E-state index in [9.17, 15) is 14.4 Å². The SMILES string of the molecule is COC(=O)c1c(C)[nH]c(C(=O)[C@@H](C)OC(=O)c2cc(C3CC3)nc3onc(C)c23)c1C. The van der Waals surface area contributed by atoms with E-state index in [4.69, 9.17) is 14.0 Å². The molecule has 4 rings (SSSR count). The summed E-state index contributed by atoms with van der Waals surface area (Å²) < 4.78 is 15.5. The van der Waals surface area contributed by atoms with Gasteiger partial charge in [0.1, 0.15) is 0 Å². The van der Waals surface area contributed by atoms with Gasteiger partial charge in [-0.1, -0.05) is 5.16 Å². The molecule has 1 saturated carbocycles. The molecule has 0 saturated heterocycles. The molecule has 1 aliphatic carbocycles. The fourth-order valence-electron chi connectivity index (χ4n) is 3.75. The lowest BCUT2D eigenvalue weighted by Crippen LogP contribution is -2.25. The van der Waals surface area contributed by atoms with Crippen LogP contribution in [0.15, 0.2) is 10.6 Å². The lowest BCUT2D eigenvalue weighted by Gasteiger charge is -2.13. The number of fused-ring (bicyclic) bond motifs is 1. The highest BCUT2D eigenvalue weighted by molar-refractivity contribution is 6.07. The minimum atomic E-state index is -1.08. The van der Waals surface area contributed by atoms with Crippen molar-refractivity contribution in [2.45, 2.75) is 52.6 Å². The zero-order chi connectivity index (χ0) is 22.4. The Labute approximate surface area is 178 Å². The van der Waals surface area contributed by atoms with Crippen LogP contribution >= 0.6 is 0 Å². The fraction of sp³-hybridized carbons (Fsp3) is 0.409. The van der Waals surface area contributed by atoms with E-state index in [-0.39, 0.29) is 17.0 Å². The molecule has 0 amide bonds. The summed E-state index contributed by atoms with van der Waals surface area (Å²) in [6.07, 6.45) is 0.925. The largest absolute Gasteiger partial charge is 0.465 e. The monoisotopic (exact) mass is 425 g/mol. The van der Waals surface area contributed by atoms with E-state index >= 15 is 0 Å². The van der Waals surface area contributed by atoms with Gasteiger partial charge in [-0.2, -0.15) is 0 Å². The number of methoxy groups -OCH3 is 1. The summed E-state index contributed by atoms with van der Waals surface area (Å²) in [6, 6.07) is 1.70. The Hall–Kier alpha value is -3.49. The average molecular weight is 425 g/mol. The minimum Gasteiger partial charge on any atom is -0.465 e. The van der Waals surface area contributed by atoms with Crippen LogP contribution in [0.25, 0.3) is 11.1 Å². The van der Waals surface area contributed by atoms with E-state index in [1.165, 1.54) is 14.0 Å². The van der Waals surface area contributed by atoms with Crippen molar-refractivity contribution in [2.75, 3.05) is 7.11 Å². The molecule has 1 atom stereocenters. The van der Waals surface area contributed by atoms with Gasteiger partial charge in [-0.05, 0) is 52.2 Å². The molecule has 1 N–H and O–H groups in total. The number of nitrogens with one attached hydrogen (secondary N) is 1. The number of ketones is 1. The zero-order valence-electron chi connectivity index (χ0n) is 18.0. The van der Waals surface area contributed by atoms with Crippen LogP contribution in [0.5, 0.6) is 0 Å². The van der Waals surface area contributed by atoms with E-state index < -0.39 is 23.8 Å². The average Bonchev–Trinajstić information content (AvgIpc) is 3.47. The molecule has 0 radical (unpaired) electrons. The first-order chi connectivity index (χ1) is 14.7. The van der Waals surface area contributed by atoms with E-state index in [2.05, 4.69) is 15.1 Å². The number of aryl methyl sites for hydroxylation is 2. The quantitative estimate of drug-likeness (QED) is 0.469. The van der Waals surface area contributed by atoms with E-state index in [0.29, 0.717) is 33.8 Å². The van der Waals surface area contributed by atoms with Gasteiger partial charge in [0, 0.05) is 17.3 Å². The molecule has 0 spiro atoms. The summed E-state index contributed by atoms with van der Waals surface area (Å²) in [5.41, 5.74) is 3.31. The number of aromatic nitrogens is 3. The van der Waals surface area contributed by atoms with Gasteiger partial charge in [0.05, 0.1) is 35.0 Å². The normalized spacial score (nSPS) is 14.5. The van der Waals surface area contributed by atoms with Gasteiger partial charge in [-0.25, -0.2) is 14.6 Å². The van der Waals surface area contributed by atoms with Gasteiger partial charge in [0.15, 0.2) is 6.10 Å². The molecular weight excluding hydrogens is 402 g/mol. The first-order valence-electron chi connectivity index (χ1n) is 10.0. The van der Waals surface area contributed by atoms with Crippen molar-refractivity contribution in [2.24, 2.45) is 0 Å². The molecular formula is C22H23N3O6. The summed E-state index contributed by atoms with van der Waals surface area (Å²) in [6.45, 7) is 6.53. The lowest BCUT2D eigenvalue weighted by molar-refractivity contribution is 0.0318. The number of rotatable bonds is 6. The van der Waals surface area contributed by atoms with Crippen molar-refractivity contribution >= 4 is 28.8 Å². The van der Waals surface area contributed by atoms with Crippen LogP contribution in [0.2, 0.25) is 0 Å². The molecule has 1 fully saturated rings. The van der Waals surface area contributed by atoms with Crippen molar-refractivity contribution in [3.8, 4) is 0 Å². The molecule has 9 heteroatoms. The zero-order valence-corrected chi connectivity index (χ0v) is 18.0. The predicted octanol–water partition coefficient (Wildman–Crippen LogP) is 3.57. The number of hydrogen-bond acceptors (Lipinski definition) is 8. The standard InChI is InChI=1S/C22H23N3O6/c1-9-16(22(28)29-5)10(2)23-18(9)19(26)12(4)30-21(27)14-8-15(13-6-7-13)24-20-17(14)11(3)25-31-20/h8,12-13,23H,6-7H2,1-5H3/t12-/m1/s1. The number of ether oxygens (including phenoxy) is 2. The topological polar surface area (TPSA) is 124 Å². The number of esters is 2. The number of Topliss-reactive ketones (excluding diaryl/α,β-unsaturated/α-hetero) is 1. The number of nitrogens with zero attached hydrogens (tertiary/aromatic N) is 2. The lowest BCUT2D eigenvalue weighted by atomic mass is 10.1. The van der Waals surface area contributed by atoms with Crippen LogP contribution in [0.3, 0.4) is 0 Å². The van der Waals surface area contributed by atoms with Crippen molar-refractivity contribution in [1.29, 1.82) is 0 Å². The summed E-state index contributed by atoms with van der Waals surface area (Å²) in [5.74, 6) is -1.35. The maximum absolute atomic E-state index is 13.0. The third kappa shape index (κ3) is 3.60. The molecule has 0 aromatic carbocycles. The maximum Gasteiger partial charge on any atom is 0.339 e. The third-order valence-corrected chi connectivity index (χ3v) is 5.58. The second-order valence-corrected chi connectivity index (χ2v) is 7.85. The summed E-state index contributed by atoms with van der Waals surface area (Å²) in [5, 5.41) is 4.39. The first-order valence-corrected chi connectivity index (χ1v) is 10.0. The Balaban J connectivity index is 1.62. The smallest absolute Gasteiger partial charge is 0.339 e. The highest BCUT2D eigenvalue weighted by atomic mass is 16.5. The highest BCUT2D eigenvalue weighted by Gasteiger charge is 2.31. The summed E-state index contributed by atoms with van der Waals surface area (Å²) >= 11 is 0. The Morgan fingerprint density at radius 2 is 1.90 bits per heavy atom. The minimum absolute atomic E-state index is 0.206. The van der Waals surface area contributed by atoms with Gasteiger partial charge in [-0.15, -0.1) is 0 Å². The van der Waals surface area contributed by atoms with Gasteiger partial charge < -0.3 is 19.0 Å². The van der Waals surface area contributed by atoms with Gasteiger partial charge in [-0.3, -0.25) is 4.79 Å². The van der Waals surface area contributed by atoms with Crippen molar-refractivity contribution in [3.05, 3.63) is 45.5 Å². The van der Waals surface area contributed by atoms with Crippen molar-refractivity contribution < 1.29 is 28.4 Å². The Morgan fingerprint density at radius 3 is 2.55 bits per heavy atom. The molecule has 0 bridgehead atoms. The first kappa shape index (κ1) is 20.8. The molecule has 3 heterocycles. The van der Waals surface area contributed by atoms with Crippen LogP contribution in [-0.4, -0.2) is 46.1 Å². The van der Waals surface area contributed by atoms with Crippen LogP contribution in [0.1, 0.15) is 79.5 Å². The van der Waals surface area contributed by atoms with Crippen molar-refractivity contribution in [1.82, 2.24) is 15.1 Å². The maximum atomic E-state index is 13.0. The molecule has 9 nitrogen and oxygen atoms in total. The fourth-order valence-corrected chi connectivity index (χ4v) is 3.75. The third-order valence-electron chi connectivity index (χ3n) is 5.58. The number of hydrogen-bond donors (Lipinski definition) is 1. The molecule has 1 aliphatic rings. The van der Waals surface area contributed by atoms with Gasteiger partial charge in [0.2, 0.25) is 5.78 Å². The number of pyridine rings is 1. The highest BCUT2D eigenvalue weighted by Crippen LogP contribution is 2.40. The van der Waals surface area contributed by atoms with Crippen molar-refractivity contribution in [3.63, 3.8) is 0 Å². The molecule has 162 valence electrons. The Morgan fingerprint density at radius 1 is 1.19 bits per heavy atom. The molecule has 3 aromatic rings. The predicted molar refractivity (Wildman–Crippen MR) is 109 cm³/mol. The second kappa shape index (κ2) is 7.64. The van der Waals surface area contributed by atoms with Crippen LogP contribution in [-0.2, 0) is 9.47 Å². The second-order valence-electron chi connectivity index (χ2n) is 7.85. The molecule has 0 aliphatic heterocycles. The molecule has 0 unspecified atom stereocenters. The van der Waals surface area contributed by atoms with Gasteiger partial charge >= 0.3 is 11.9 Å². The summed E-state index contributed by atoms with van der Waals surface area (Å²) in [4.78, 5) is 45.3. The Bertz CT molecular complexity index is 1220. The number of carbonyl (C=O) groups excluding carboxylic acids is 3. The summed E-state index contributed by atoms with van der Waals surface area (Å²) in [7, 11) is 1.28. The van der Waals surface area contributed by atoms with Crippen LogP contribution in [0.4, 0.5) is 0 Å². The molecule has 31 heavy (non-hydrogen) atoms. The number of aromatic amines is 1. The molecule has 3 aromatic heterocycles. The van der Waals surface area contributed by atoms with Crippen LogP contribution < -0.4 is 0 Å². The van der Waals surface area contributed by atoms with E-state index in [1.807, 2.05) is 0 Å². The number of H-pyrrole nitrogens is 1. The van der Waals surface area contributed by atoms with E-state index in [1.54, 1.807) is 26.8 Å².